The van der Waals surface area contributed by atoms with Crippen LogP contribution in [0.4, 0.5) is 11.5 Å². The molecular weight excluding hydrogens is 316 g/mol. The number of rotatable bonds is 4. The monoisotopic (exact) mass is 346 g/mol. The molecule has 138 valence electrons. The van der Waals surface area contributed by atoms with Gasteiger partial charge < -0.3 is 15.0 Å². The summed E-state index contributed by atoms with van der Waals surface area (Å²) in [6.45, 7) is 11.6. The van der Waals surface area contributed by atoms with Crippen molar-refractivity contribution in [2.75, 3.05) is 36.5 Å². The number of aryl methyl sites for hydroxylation is 1. The number of aromatic nitrogens is 1. The van der Waals surface area contributed by atoms with Crippen molar-refractivity contribution in [3.8, 4) is 0 Å². The van der Waals surface area contributed by atoms with E-state index in [9.17, 15) is 4.79 Å². The lowest BCUT2D eigenvalue weighted by atomic mass is 10.2. The second-order valence-electron chi connectivity index (χ2n) is 7.29. The quantitative estimate of drug-likeness (QED) is 0.907. The predicted octanol–water partition coefficient (Wildman–Crippen LogP) is 2.43. The molecule has 1 amide bonds. The van der Waals surface area contributed by atoms with Crippen molar-refractivity contribution >= 4 is 17.4 Å². The molecule has 2 saturated heterocycles. The number of morpholine rings is 1. The van der Waals surface area contributed by atoms with Gasteiger partial charge in [-0.25, -0.2) is 4.98 Å². The van der Waals surface area contributed by atoms with Crippen molar-refractivity contribution in [3.63, 3.8) is 0 Å². The van der Waals surface area contributed by atoms with E-state index < -0.39 is 0 Å². The van der Waals surface area contributed by atoms with Crippen LogP contribution >= 0.6 is 0 Å². The van der Waals surface area contributed by atoms with Crippen molar-refractivity contribution in [2.24, 2.45) is 0 Å². The molecule has 2 fully saturated rings. The third-order valence-electron chi connectivity index (χ3n) is 5.51. The minimum Gasteiger partial charge on any atom is -0.378 e. The Kier molecular flexibility index (Phi) is 5.59. The molecule has 1 aromatic heterocycles. The number of nitrogens with one attached hydrogen (secondary N) is 1. The van der Waals surface area contributed by atoms with Crippen molar-refractivity contribution < 1.29 is 9.53 Å². The molecule has 3 heterocycles. The third-order valence-corrected chi connectivity index (χ3v) is 5.51. The van der Waals surface area contributed by atoms with E-state index in [0.717, 1.165) is 56.3 Å². The number of hydrogen-bond acceptors (Lipinski definition) is 5. The summed E-state index contributed by atoms with van der Waals surface area (Å²) in [5, 5.41) is 3.07. The van der Waals surface area contributed by atoms with Gasteiger partial charge in [0.2, 0.25) is 5.91 Å². The van der Waals surface area contributed by atoms with E-state index in [1.54, 1.807) is 0 Å². The summed E-state index contributed by atoms with van der Waals surface area (Å²) < 4.78 is 5.39. The van der Waals surface area contributed by atoms with Crippen LogP contribution in [0, 0.1) is 6.92 Å². The SMILES string of the molecule is Cc1nc(N2CCOCC2)ccc1NC(=O)[C@@H](C)N1[C@H](C)CC[C@@H]1C. The molecule has 1 N–H and O–H groups in total. The minimum atomic E-state index is -0.134. The van der Waals surface area contributed by atoms with Gasteiger partial charge in [-0.05, 0) is 52.7 Å². The van der Waals surface area contributed by atoms with Gasteiger partial charge >= 0.3 is 0 Å². The molecule has 0 aliphatic carbocycles. The first-order chi connectivity index (χ1) is 12.0. The normalized spacial score (nSPS) is 25.8. The maximum absolute atomic E-state index is 12.7. The first-order valence-corrected chi connectivity index (χ1v) is 9.36. The molecule has 0 aromatic carbocycles. The van der Waals surface area contributed by atoms with Gasteiger partial charge in [-0.2, -0.15) is 0 Å². The molecule has 0 radical (unpaired) electrons. The van der Waals surface area contributed by atoms with Crippen LogP contribution in [0.2, 0.25) is 0 Å². The van der Waals surface area contributed by atoms with E-state index in [1.165, 1.54) is 0 Å². The second kappa shape index (κ2) is 7.70. The fourth-order valence-electron chi connectivity index (χ4n) is 4.00. The van der Waals surface area contributed by atoms with Crippen molar-refractivity contribution in [2.45, 2.75) is 58.7 Å². The Morgan fingerprint density at radius 1 is 1.24 bits per heavy atom. The number of anilines is 2. The molecule has 2 aliphatic rings. The van der Waals surface area contributed by atoms with Gasteiger partial charge in [0.1, 0.15) is 5.82 Å². The van der Waals surface area contributed by atoms with E-state index in [2.05, 4.69) is 33.9 Å². The molecule has 0 spiro atoms. The molecule has 2 aliphatic heterocycles. The summed E-state index contributed by atoms with van der Waals surface area (Å²) in [5.74, 6) is 0.998. The molecular formula is C19H30N4O2. The molecule has 25 heavy (non-hydrogen) atoms. The number of pyridine rings is 1. The lowest BCUT2D eigenvalue weighted by molar-refractivity contribution is -0.121. The van der Waals surface area contributed by atoms with Crippen LogP contribution in [0.1, 0.15) is 39.3 Å². The zero-order valence-corrected chi connectivity index (χ0v) is 15.8. The first-order valence-electron chi connectivity index (χ1n) is 9.36. The Morgan fingerprint density at radius 3 is 2.48 bits per heavy atom. The van der Waals surface area contributed by atoms with E-state index >= 15 is 0 Å². The van der Waals surface area contributed by atoms with Crippen molar-refractivity contribution in [1.29, 1.82) is 0 Å². The zero-order chi connectivity index (χ0) is 18.0. The van der Waals surface area contributed by atoms with Crippen LogP contribution in [0.5, 0.6) is 0 Å². The summed E-state index contributed by atoms with van der Waals surface area (Å²) >= 11 is 0. The molecule has 0 unspecified atom stereocenters. The first kappa shape index (κ1) is 18.1. The highest BCUT2D eigenvalue weighted by molar-refractivity contribution is 5.95. The fourth-order valence-corrected chi connectivity index (χ4v) is 4.00. The minimum absolute atomic E-state index is 0.0459. The van der Waals surface area contributed by atoms with Crippen LogP contribution in [-0.4, -0.2) is 60.2 Å². The number of amides is 1. The summed E-state index contributed by atoms with van der Waals surface area (Å²) in [6, 6.07) is 4.73. The lowest BCUT2D eigenvalue weighted by Crippen LogP contribution is -2.47. The molecule has 1 aromatic rings. The van der Waals surface area contributed by atoms with Crippen LogP contribution in [0.3, 0.4) is 0 Å². The average molecular weight is 346 g/mol. The largest absolute Gasteiger partial charge is 0.378 e. The van der Waals surface area contributed by atoms with E-state index in [4.69, 9.17) is 4.74 Å². The third kappa shape index (κ3) is 3.96. The maximum atomic E-state index is 12.7. The van der Waals surface area contributed by atoms with Gasteiger partial charge in [-0.1, -0.05) is 0 Å². The highest BCUT2D eigenvalue weighted by Gasteiger charge is 2.34. The molecule has 6 heteroatoms. The van der Waals surface area contributed by atoms with Crippen LogP contribution in [0.15, 0.2) is 12.1 Å². The van der Waals surface area contributed by atoms with Gasteiger partial charge in [0.15, 0.2) is 0 Å². The molecule has 0 saturated carbocycles. The number of likely N-dealkylation sites (tertiary alicyclic amines) is 1. The van der Waals surface area contributed by atoms with Crippen LogP contribution < -0.4 is 10.2 Å². The Morgan fingerprint density at radius 2 is 1.88 bits per heavy atom. The number of carbonyl (C=O) groups excluding carboxylic acids is 1. The number of nitrogens with zero attached hydrogens (tertiary/aromatic N) is 3. The van der Waals surface area contributed by atoms with E-state index in [1.807, 2.05) is 26.0 Å². The summed E-state index contributed by atoms with van der Waals surface area (Å²) in [4.78, 5) is 21.9. The standard InChI is InChI=1S/C19H30N4O2/c1-13-5-6-14(2)23(13)16(4)19(24)21-17-7-8-18(20-15(17)3)22-9-11-25-12-10-22/h7-8,13-14,16H,5-6,9-12H2,1-4H3,(H,21,24)/t13-,14+,16-/m1/s1. The van der Waals surface area contributed by atoms with Gasteiger partial charge in [0.25, 0.3) is 0 Å². The maximum Gasteiger partial charge on any atom is 0.241 e. The molecule has 0 bridgehead atoms. The second-order valence-corrected chi connectivity index (χ2v) is 7.29. The summed E-state index contributed by atoms with van der Waals surface area (Å²) in [7, 11) is 0. The zero-order valence-electron chi connectivity index (χ0n) is 15.8. The highest BCUT2D eigenvalue weighted by Crippen LogP contribution is 2.27. The number of hydrogen-bond donors (Lipinski definition) is 1. The lowest BCUT2D eigenvalue weighted by Gasteiger charge is -2.31. The van der Waals surface area contributed by atoms with Gasteiger partial charge in [0.05, 0.1) is 30.6 Å². The van der Waals surface area contributed by atoms with Crippen LogP contribution in [0.25, 0.3) is 0 Å². The molecule has 3 rings (SSSR count). The number of carbonyl (C=O) groups is 1. The smallest absolute Gasteiger partial charge is 0.241 e. The fraction of sp³-hybridized carbons (Fsp3) is 0.684. The molecule has 6 nitrogen and oxygen atoms in total. The van der Waals surface area contributed by atoms with Gasteiger partial charge in [0, 0.05) is 25.2 Å². The summed E-state index contributed by atoms with van der Waals surface area (Å²) in [6.07, 6.45) is 2.32. The van der Waals surface area contributed by atoms with Gasteiger partial charge in [-0.15, -0.1) is 0 Å². The Balaban J connectivity index is 1.66. The Bertz CT molecular complexity index is 605. The highest BCUT2D eigenvalue weighted by atomic mass is 16.5. The Hall–Kier alpha value is -1.66. The van der Waals surface area contributed by atoms with Crippen molar-refractivity contribution in [3.05, 3.63) is 17.8 Å². The van der Waals surface area contributed by atoms with Crippen LogP contribution in [-0.2, 0) is 9.53 Å². The molecule has 3 atom stereocenters. The van der Waals surface area contributed by atoms with E-state index in [-0.39, 0.29) is 11.9 Å². The Labute approximate surface area is 150 Å². The van der Waals surface area contributed by atoms with Crippen molar-refractivity contribution in [1.82, 2.24) is 9.88 Å². The average Bonchev–Trinajstić information content (AvgIpc) is 2.95. The van der Waals surface area contributed by atoms with Gasteiger partial charge in [-0.3, -0.25) is 9.69 Å². The number of ether oxygens (including phenoxy) is 1. The van der Waals surface area contributed by atoms with E-state index in [0.29, 0.717) is 12.1 Å². The summed E-state index contributed by atoms with van der Waals surface area (Å²) in [5.41, 5.74) is 1.65. The topological polar surface area (TPSA) is 57.7 Å². The predicted molar refractivity (Wildman–Crippen MR) is 100 cm³/mol.